The van der Waals surface area contributed by atoms with Gasteiger partial charge in [0.25, 0.3) is 11.5 Å². The average molecular weight is 640 g/mol. The van der Waals surface area contributed by atoms with E-state index in [1.807, 2.05) is 103 Å². The summed E-state index contributed by atoms with van der Waals surface area (Å²) < 4.78 is 14.4. The molecule has 0 N–H and O–H groups in total. The third kappa shape index (κ3) is 7.39. The fourth-order valence-electron chi connectivity index (χ4n) is 5.80. The maximum Gasteiger partial charge on any atom is 0.331 e. The number of hydrogen-bond acceptors (Lipinski definition) is 5. The number of amides is 1. The molecule has 0 atom stereocenters. The van der Waals surface area contributed by atoms with Gasteiger partial charge in [-0.3, -0.25) is 18.7 Å². The van der Waals surface area contributed by atoms with Gasteiger partial charge in [0, 0.05) is 25.2 Å². The Hall–Kier alpha value is -5.89. The van der Waals surface area contributed by atoms with Crippen LogP contribution in [0.15, 0.2) is 143 Å². The van der Waals surface area contributed by atoms with E-state index in [-0.39, 0.29) is 25.6 Å². The maximum absolute atomic E-state index is 14.2. The lowest BCUT2D eigenvalue weighted by atomic mass is 10.1. The van der Waals surface area contributed by atoms with Crippen LogP contribution in [0.3, 0.4) is 0 Å². The van der Waals surface area contributed by atoms with Crippen LogP contribution in [0.25, 0.3) is 10.9 Å². The van der Waals surface area contributed by atoms with E-state index in [0.29, 0.717) is 47.5 Å². The van der Waals surface area contributed by atoms with Crippen molar-refractivity contribution in [2.75, 3.05) is 13.7 Å². The van der Waals surface area contributed by atoms with Crippen LogP contribution in [0.4, 0.5) is 0 Å². The van der Waals surface area contributed by atoms with Gasteiger partial charge in [-0.15, -0.1) is 0 Å². The smallest absolute Gasteiger partial charge is 0.331 e. The number of aryl methyl sites for hydroxylation is 1. The number of nitrogens with zero attached hydrogens (tertiary/aromatic N) is 3. The largest absolute Gasteiger partial charge is 0.497 e. The van der Waals surface area contributed by atoms with Gasteiger partial charge in [0.05, 0.1) is 19.0 Å². The van der Waals surface area contributed by atoms with Crippen molar-refractivity contribution in [3.05, 3.63) is 177 Å². The molecule has 0 aliphatic rings. The third-order valence-corrected chi connectivity index (χ3v) is 8.28. The first-order valence-electron chi connectivity index (χ1n) is 16.0. The molecule has 0 fully saturated rings. The lowest BCUT2D eigenvalue weighted by Gasteiger charge is -2.24. The predicted octanol–water partition coefficient (Wildman–Crippen LogP) is 6.53. The highest BCUT2D eigenvalue weighted by Crippen LogP contribution is 2.24. The molecule has 242 valence electrons. The van der Waals surface area contributed by atoms with Gasteiger partial charge in [-0.2, -0.15) is 0 Å². The number of rotatable bonds is 13. The molecule has 8 heteroatoms. The molecule has 0 aliphatic heterocycles. The number of ether oxygens (including phenoxy) is 2. The first kappa shape index (κ1) is 32.1. The third-order valence-electron chi connectivity index (χ3n) is 8.28. The average Bonchev–Trinajstić information content (AvgIpc) is 3.14. The number of hydrogen-bond donors (Lipinski definition) is 0. The summed E-state index contributed by atoms with van der Waals surface area (Å²) in [6.07, 6.45) is 0.466. The van der Waals surface area contributed by atoms with Crippen molar-refractivity contribution < 1.29 is 14.3 Å². The van der Waals surface area contributed by atoms with Crippen LogP contribution in [0.5, 0.6) is 11.5 Å². The molecular formula is C40H37N3O5. The summed E-state index contributed by atoms with van der Waals surface area (Å²) in [4.78, 5) is 43.6. The summed E-state index contributed by atoms with van der Waals surface area (Å²) in [6, 6.07) is 41.4. The second-order valence-corrected chi connectivity index (χ2v) is 11.5. The number of aromatic nitrogens is 2. The molecule has 1 aromatic heterocycles. The minimum absolute atomic E-state index is 0.0898. The summed E-state index contributed by atoms with van der Waals surface area (Å²) in [5, 5.41) is 0.384. The lowest BCUT2D eigenvalue weighted by Crippen LogP contribution is -2.41. The molecule has 1 amide bonds. The van der Waals surface area contributed by atoms with Crippen LogP contribution in [-0.4, -0.2) is 33.6 Å². The minimum atomic E-state index is -0.442. The van der Waals surface area contributed by atoms with Crippen LogP contribution in [0.2, 0.25) is 0 Å². The molecule has 0 saturated heterocycles. The Bertz CT molecular complexity index is 2090. The van der Waals surface area contributed by atoms with E-state index >= 15 is 0 Å². The van der Waals surface area contributed by atoms with E-state index < -0.39 is 11.2 Å². The summed E-state index contributed by atoms with van der Waals surface area (Å²) in [5.74, 6) is 1.05. The van der Waals surface area contributed by atoms with Crippen molar-refractivity contribution in [3.63, 3.8) is 0 Å². The molecule has 0 aliphatic carbocycles. The molecule has 0 radical (unpaired) electrons. The van der Waals surface area contributed by atoms with Gasteiger partial charge in [0.1, 0.15) is 23.6 Å². The standard InChI is InChI=1S/C40H37N3O5/c1-47-34-23-21-31(22-24-34)28-43-39(45)35-19-11-20-36(48-29-32-15-7-3-8-16-32)37(35)42(40(43)46)26-12-25-41(27-30-13-5-2-6-14-30)38(44)33-17-9-4-10-18-33/h2-11,13-24H,12,25-29H2,1H3. The highest BCUT2D eigenvalue weighted by atomic mass is 16.5. The molecule has 0 bridgehead atoms. The lowest BCUT2D eigenvalue weighted by molar-refractivity contribution is 0.0739. The van der Waals surface area contributed by atoms with Gasteiger partial charge < -0.3 is 14.4 Å². The number of para-hydroxylation sites is 1. The van der Waals surface area contributed by atoms with Crippen LogP contribution >= 0.6 is 0 Å². The Kier molecular flexibility index (Phi) is 10.1. The van der Waals surface area contributed by atoms with Crippen molar-refractivity contribution in [2.45, 2.75) is 32.7 Å². The zero-order valence-electron chi connectivity index (χ0n) is 26.8. The van der Waals surface area contributed by atoms with E-state index in [1.165, 1.54) is 4.57 Å². The Labute approximate surface area is 279 Å². The van der Waals surface area contributed by atoms with Crippen LogP contribution in [0.1, 0.15) is 33.5 Å². The number of methoxy groups -OCH3 is 1. The molecule has 0 unspecified atom stereocenters. The molecule has 5 aromatic carbocycles. The Morgan fingerprint density at radius 1 is 0.688 bits per heavy atom. The predicted molar refractivity (Wildman–Crippen MR) is 188 cm³/mol. The number of fused-ring (bicyclic) bond motifs is 1. The van der Waals surface area contributed by atoms with E-state index in [9.17, 15) is 14.4 Å². The zero-order valence-corrected chi connectivity index (χ0v) is 26.8. The molecule has 1 heterocycles. The van der Waals surface area contributed by atoms with Gasteiger partial charge in [0.15, 0.2) is 0 Å². The fourth-order valence-corrected chi connectivity index (χ4v) is 5.80. The molecular weight excluding hydrogens is 602 g/mol. The number of carbonyl (C=O) groups excluding carboxylic acids is 1. The van der Waals surface area contributed by atoms with Gasteiger partial charge in [-0.25, -0.2) is 4.79 Å². The SMILES string of the molecule is COc1ccc(Cn2c(=O)c3cccc(OCc4ccccc4)c3n(CCCN(Cc3ccccc3)C(=O)c3ccccc3)c2=O)cc1. The second kappa shape index (κ2) is 15.1. The highest BCUT2D eigenvalue weighted by Gasteiger charge is 2.20. The number of carbonyl (C=O) groups is 1. The topological polar surface area (TPSA) is 82.8 Å². The van der Waals surface area contributed by atoms with Crippen LogP contribution < -0.4 is 20.7 Å². The molecule has 48 heavy (non-hydrogen) atoms. The monoisotopic (exact) mass is 639 g/mol. The molecule has 6 aromatic rings. The Morgan fingerprint density at radius 3 is 2.00 bits per heavy atom. The minimum Gasteiger partial charge on any atom is -0.497 e. The summed E-state index contributed by atoms with van der Waals surface area (Å²) >= 11 is 0. The maximum atomic E-state index is 14.2. The van der Waals surface area contributed by atoms with Crippen LogP contribution in [0, 0.1) is 0 Å². The quantitative estimate of drug-likeness (QED) is 0.144. The molecule has 0 saturated carbocycles. The summed E-state index contributed by atoms with van der Waals surface area (Å²) in [6.45, 7) is 1.45. The Morgan fingerprint density at radius 2 is 1.33 bits per heavy atom. The second-order valence-electron chi connectivity index (χ2n) is 11.5. The van der Waals surface area contributed by atoms with Crippen molar-refractivity contribution >= 4 is 16.8 Å². The first-order chi connectivity index (χ1) is 23.5. The normalized spacial score (nSPS) is 10.9. The van der Waals surface area contributed by atoms with Crippen LogP contribution in [-0.2, 0) is 26.2 Å². The van der Waals surface area contributed by atoms with Gasteiger partial charge in [0.2, 0.25) is 0 Å². The van der Waals surface area contributed by atoms with Crippen molar-refractivity contribution in [2.24, 2.45) is 0 Å². The summed E-state index contributed by atoms with van der Waals surface area (Å²) in [7, 11) is 1.59. The first-order valence-corrected chi connectivity index (χ1v) is 16.0. The molecule has 6 rings (SSSR count). The fraction of sp³-hybridized carbons (Fsp3) is 0.175. The molecule has 8 nitrogen and oxygen atoms in total. The van der Waals surface area contributed by atoms with E-state index in [2.05, 4.69) is 0 Å². The van der Waals surface area contributed by atoms with E-state index in [1.54, 1.807) is 46.9 Å². The van der Waals surface area contributed by atoms with Gasteiger partial charge >= 0.3 is 5.69 Å². The molecule has 0 spiro atoms. The highest BCUT2D eigenvalue weighted by molar-refractivity contribution is 5.94. The van der Waals surface area contributed by atoms with Gasteiger partial charge in [-0.1, -0.05) is 97.1 Å². The number of benzene rings is 5. The van der Waals surface area contributed by atoms with E-state index in [0.717, 1.165) is 16.7 Å². The van der Waals surface area contributed by atoms with E-state index in [4.69, 9.17) is 9.47 Å². The summed E-state index contributed by atoms with van der Waals surface area (Å²) in [5.41, 5.74) is 2.97. The van der Waals surface area contributed by atoms with Crippen molar-refractivity contribution in [1.29, 1.82) is 0 Å². The zero-order chi connectivity index (χ0) is 33.3. The Balaban J connectivity index is 1.36. The van der Waals surface area contributed by atoms with Gasteiger partial charge in [-0.05, 0) is 59.5 Å². The van der Waals surface area contributed by atoms with Crippen molar-refractivity contribution in [3.8, 4) is 11.5 Å². The van der Waals surface area contributed by atoms with Crippen molar-refractivity contribution in [1.82, 2.24) is 14.0 Å².